The third-order valence-electron chi connectivity index (χ3n) is 3.30. The highest BCUT2D eigenvalue weighted by molar-refractivity contribution is 9.10. The summed E-state index contributed by atoms with van der Waals surface area (Å²) in [5.74, 6) is 1.27. The van der Waals surface area contributed by atoms with Crippen molar-refractivity contribution in [1.29, 1.82) is 0 Å². The van der Waals surface area contributed by atoms with E-state index in [1.165, 1.54) is 6.07 Å². The fourth-order valence-electron chi connectivity index (χ4n) is 2.20. The summed E-state index contributed by atoms with van der Waals surface area (Å²) in [7, 11) is 0. The molecular formula is C16H13Br2FO2. The second kappa shape index (κ2) is 6.36. The maximum Gasteiger partial charge on any atom is 0.161 e. The van der Waals surface area contributed by atoms with Gasteiger partial charge in [-0.25, -0.2) is 4.39 Å². The molecule has 1 heterocycles. The second-order valence-corrected chi connectivity index (χ2v) is 6.56. The van der Waals surface area contributed by atoms with E-state index in [0.717, 1.165) is 29.0 Å². The van der Waals surface area contributed by atoms with Gasteiger partial charge in [-0.1, -0.05) is 28.1 Å². The van der Waals surface area contributed by atoms with Crippen molar-refractivity contribution in [1.82, 2.24) is 0 Å². The maximum atomic E-state index is 13.3. The molecule has 21 heavy (non-hydrogen) atoms. The third kappa shape index (κ3) is 3.24. The standard InChI is InChI=1S/C16H13Br2FO2/c17-12-8-10(2-4-13(12)19)16(18)11-3-5-14-15(9-11)21-7-1-6-20-14/h2-5,8-9,16H,1,6-7H2. The SMILES string of the molecule is Fc1ccc(C(Br)c2ccc3c(c2)OCCCO3)cc1Br. The molecule has 2 nitrogen and oxygen atoms in total. The predicted octanol–water partition coefficient (Wildman–Crippen LogP) is 5.23. The molecule has 3 rings (SSSR count). The summed E-state index contributed by atoms with van der Waals surface area (Å²) in [5.41, 5.74) is 2.01. The van der Waals surface area contributed by atoms with Crippen LogP contribution in [-0.4, -0.2) is 13.2 Å². The highest BCUT2D eigenvalue weighted by Crippen LogP contribution is 2.38. The van der Waals surface area contributed by atoms with Crippen LogP contribution < -0.4 is 9.47 Å². The van der Waals surface area contributed by atoms with Crippen molar-refractivity contribution in [3.05, 3.63) is 57.8 Å². The van der Waals surface area contributed by atoms with Crippen LogP contribution in [0.4, 0.5) is 4.39 Å². The van der Waals surface area contributed by atoms with E-state index < -0.39 is 0 Å². The minimum atomic E-state index is -0.267. The summed E-state index contributed by atoms with van der Waals surface area (Å²) < 4.78 is 25.1. The zero-order valence-electron chi connectivity index (χ0n) is 11.1. The van der Waals surface area contributed by atoms with Gasteiger partial charge in [0.2, 0.25) is 0 Å². The summed E-state index contributed by atoms with van der Waals surface area (Å²) in [6, 6.07) is 10.9. The first-order valence-corrected chi connectivity index (χ1v) is 8.34. The predicted molar refractivity (Wildman–Crippen MR) is 86.9 cm³/mol. The van der Waals surface area contributed by atoms with Crippen molar-refractivity contribution >= 4 is 31.9 Å². The van der Waals surface area contributed by atoms with Crippen molar-refractivity contribution in [3.8, 4) is 11.5 Å². The van der Waals surface area contributed by atoms with Gasteiger partial charge in [-0.2, -0.15) is 0 Å². The normalized spacial score (nSPS) is 15.4. The average Bonchev–Trinajstić information content (AvgIpc) is 2.73. The molecule has 0 bridgehead atoms. The fourth-order valence-corrected chi connectivity index (χ4v) is 3.17. The Morgan fingerprint density at radius 3 is 2.38 bits per heavy atom. The largest absolute Gasteiger partial charge is 0.490 e. The van der Waals surface area contributed by atoms with Gasteiger partial charge in [0.15, 0.2) is 11.5 Å². The number of hydrogen-bond acceptors (Lipinski definition) is 2. The molecule has 2 aromatic rings. The number of fused-ring (bicyclic) bond motifs is 1. The number of alkyl halides is 1. The number of halogens is 3. The second-order valence-electron chi connectivity index (χ2n) is 4.79. The van der Waals surface area contributed by atoms with Gasteiger partial charge in [0.25, 0.3) is 0 Å². The van der Waals surface area contributed by atoms with Gasteiger partial charge in [-0.3, -0.25) is 0 Å². The quantitative estimate of drug-likeness (QED) is 0.625. The van der Waals surface area contributed by atoms with Crippen LogP contribution in [0.5, 0.6) is 11.5 Å². The molecule has 2 aromatic carbocycles. The maximum absolute atomic E-state index is 13.3. The third-order valence-corrected chi connectivity index (χ3v) is 4.97. The van der Waals surface area contributed by atoms with Crippen molar-refractivity contribution in [2.24, 2.45) is 0 Å². The van der Waals surface area contributed by atoms with Gasteiger partial charge < -0.3 is 9.47 Å². The molecule has 0 spiro atoms. The Morgan fingerprint density at radius 1 is 0.952 bits per heavy atom. The van der Waals surface area contributed by atoms with Crippen molar-refractivity contribution in [3.63, 3.8) is 0 Å². The van der Waals surface area contributed by atoms with Gasteiger partial charge in [-0.05, 0) is 51.3 Å². The molecular weight excluding hydrogens is 403 g/mol. The Morgan fingerprint density at radius 2 is 1.62 bits per heavy atom. The smallest absolute Gasteiger partial charge is 0.161 e. The van der Waals surface area contributed by atoms with Crippen LogP contribution in [-0.2, 0) is 0 Å². The molecule has 1 aliphatic rings. The molecule has 0 radical (unpaired) electrons. The van der Waals surface area contributed by atoms with Crippen molar-refractivity contribution in [2.75, 3.05) is 13.2 Å². The summed E-state index contributed by atoms with van der Waals surface area (Å²) in [4.78, 5) is -0.0356. The van der Waals surface area contributed by atoms with Gasteiger partial charge >= 0.3 is 0 Å². The summed E-state index contributed by atoms with van der Waals surface area (Å²) in [6.07, 6.45) is 0.882. The summed E-state index contributed by atoms with van der Waals surface area (Å²) in [5, 5.41) is 0. The van der Waals surface area contributed by atoms with Gasteiger partial charge in [-0.15, -0.1) is 0 Å². The first-order chi connectivity index (χ1) is 10.1. The van der Waals surface area contributed by atoms with Crippen LogP contribution in [0.25, 0.3) is 0 Å². The molecule has 1 aliphatic heterocycles. The van der Waals surface area contributed by atoms with Crippen LogP contribution >= 0.6 is 31.9 Å². The topological polar surface area (TPSA) is 18.5 Å². The monoisotopic (exact) mass is 414 g/mol. The molecule has 0 amide bonds. The molecule has 0 fully saturated rings. The van der Waals surface area contributed by atoms with Crippen LogP contribution in [0.3, 0.4) is 0 Å². The number of rotatable bonds is 2. The Bertz CT molecular complexity index is 661. The lowest BCUT2D eigenvalue weighted by Gasteiger charge is -2.14. The van der Waals surface area contributed by atoms with E-state index >= 15 is 0 Å². The Balaban J connectivity index is 1.92. The molecule has 1 unspecified atom stereocenters. The lowest BCUT2D eigenvalue weighted by atomic mass is 10.0. The van der Waals surface area contributed by atoms with Crippen LogP contribution in [0, 0.1) is 5.82 Å². The van der Waals surface area contributed by atoms with Gasteiger partial charge in [0.05, 0.1) is 22.5 Å². The Hall–Kier alpha value is -1.07. The lowest BCUT2D eigenvalue weighted by Crippen LogP contribution is -1.97. The minimum absolute atomic E-state index is 0.0356. The van der Waals surface area contributed by atoms with E-state index in [4.69, 9.17) is 9.47 Å². The van der Waals surface area contributed by atoms with E-state index in [-0.39, 0.29) is 10.6 Å². The molecule has 0 aromatic heterocycles. The van der Waals surface area contributed by atoms with E-state index in [0.29, 0.717) is 17.7 Å². The van der Waals surface area contributed by atoms with Crippen molar-refractivity contribution in [2.45, 2.75) is 11.2 Å². The zero-order chi connectivity index (χ0) is 14.8. The molecule has 110 valence electrons. The van der Waals surface area contributed by atoms with Crippen LogP contribution in [0.1, 0.15) is 22.4 Å². The fraction of sp³-hybridized carbons (Fsp3) is 0.250. The van der Waals surface area contributed by atoms with Crippen LogP contribution in [0.15, 0.2) is 40.9 Å². The van der Waals surface area contributed by atoms with Gasteiger partial charge in [0.1, 0.15) is 5.82 Å². The average molecular weight is 416 g/mol. The Kier molecular flexibility index (Phi) is 4.50. The summed E-state index contributed by atoms with van der Waals surface area (Å²) >= 11 is 6.88. The lowest BCUT2D eigenvalue weighted by molar-refractivity contribution is 0.297. The molecule has 0 saturated heterocycles. The van der Waals surface area contributed by atoms with Gasteiger partial charge in [0, 0.05) is 6.42 Å². The minimum Gasteiger partial charge on any atom is -0.490 e. The molecule has 0 N–H and O–H groups in total. The molecule has 0 aliphatic carbocycles. The molecule has 5 heteroatoms. The van der Waals surface area contributed by atoms with Crippen molar-refractivity contribution < 1.29 is 13.9 Å². The van der Waals surface area contributed by atoms with E-state index in [1.54, 1.807) is 12.1 Å². The van der Waals surface area contributed by atoms with E-state index in [9.17, 15) is 4.39 Å². The van der Waals surface area contributed by atoms with E-state index in [2.05, 4.69) is 31.9 Å². The van der Waals surface area contributed by atoms with E-state index in [1.807, 2.05) is 18.2 Å². The number of ether oxygens (including phenoxy) is 2. The van der Waals surface area contributed by atoms with Crippen LogP contribution in [0.2, 0.25) is 0 Å². The number of benzene rings is 2. The first-order valence-electron chi connectivity index (χ1n) is 6.64. The molecule has 0 saturated carbocycles. The Labute approximate surface area is 139 Å². The molecule has 1 atom stereocenters. The highest BCUT2D eigenvalue weighted by atomic mass is 79.9. The first kappa shape index (κ1) is 14.9. The zero-order valence-corrected chi connectivity index (χ0v) is 14.3. The highest BCUT2D eigenvalue weighted by Gasteiger charge is 2.16. The summed E-state index contributed by atoms with van der Waals surface area (Å²) in [6.45, 7) is 1.33. The number of hydrogen-bond donors (Lipinski definition) is 0.